The van der Waals surface area contributed by atoms with Crippen molar-refractivity contribution in [2.45, 2.75) is 33.2 Å². The number of nitrogens with one attached hydrogen (secondary N) is 2. The Hall–Kier alpha value is -2.13. The molecule has 0 aliphatic heterocycles. The molecular weight excluding hydrogens is 382 g/mol. The molecule has 1 aromatic rings. The predicted molar refractivity (Wildman–Crippen MR) is 109 cm³/mol. The lowest BCUT2D eigenvalue weighted by atomic mass is 10.0. The summed E-state index contributed by atoms with van der Waals surface area (Å²) in [6, 6.07) is 6.09. The third-order valence-electron chi connectivity index (χ3n) is 4.29. The zero-order valence-corrected chi connectivity index (χ0v) is 18.0. The fourth-order valence-corrected chi connectivity index (χ4v) is 3.65. The van der Waals surface area contributed by atoms with Gasteiger partial charge >= 0.3 is 0 Å². The number of carbonyl (C=O) groups is 2. The molecule has 0 aliphatic rings. The molecular formula is C19H31N3O5S. The minimum atomic E-state index is -3.25. The monoisotopic (exact) mass is 413 g/mol. The Balaban J connectivity index is 2.66. The fraction of sp³-hybridized carbons (Fsp3) is 0.579. The normalized spacial score (nSPS) is 12.7. The number of amides is 2. The van der Waals surface area contributed by atoms with Gasteiger partial charge in [0.15, 0.2) is 0 Å². The van der Waals surface area contributed by atoms with Crippen LogP contribution in [0, 0.1) is 5.92 Å². The van der Waals surface area contributed by atoms with Crippen LogP contribution >= 0.6 is 0 Å². The molecule has 9 heteroatoms. The second kappa shape index (κ2) is 11.0. The predicted octanol–water partition coefficient (Wildman–Crippen LogP) is 1.24. The van der Waals surface area contributed by atoms with Crippen molar-refractivity contribution in [3.05, 3.63) is 29.8 Å². The van der Waals surface area contributed by atoms with Gasteiger partial charge in [-0.15, -0.1) is 0 Å². The molecule has 1 rings (SSSR count). The van der Waals surface area contributed by atoms with E-state index >= 15 is 0 Å². The van der Waals surface area contributed by atoms with E-state index in [1.165, 1.54) is 11.4 Å². The number of para-hydroxylation sites is 1. The Morgan fingerprint density at radius 1 is 1.21 bits per heavy atom. The van der Waals surface area contributed by atoms with Crippen LogP contribution in [-0.4, -0.2) is 63.6 Å². The Morgan fingerprint density at radius 2 is 1.86 bits per heavy atom. The first kappa shape index (κ1) is 23.9. The van der Waals surface area contributed by atoms with Crippen molar-refractivity contribution in [1.82, 2.24) is 14.9 Å². The van der Waals surface area contributed by atoms with Crippen molar-refractivity contribution in [2.75, 3.05) is 33.0 Å². The molecule has 0 aliphatic carbocycles. The molecule has 28 heavy (non-hydrogen) atoms. The van der Waals surface area contributed by atoms with Crippen LogP contribution in [0.3, 0.4) is 0 Å². The smallest absolute Gasteiger partial charge is 0.255 e. The van der Waals surface area contributed by atoms with Gasteiger partial charge in [-0.3, -0.25) is 9.59 Å². The summed E-state index contributed by atoms with van der Waals surface area (Å²) in [5, 5.41) is 5.53. The molecule has 2 amide bonds. The average molecular weight is 414 g/mol. The van der Waals surface area contributed by atoms with Crippen LogP contribution < -0.4 is 15.4 Å². The second-order valence-electron chi connectivity index (χ2n) is 6.79. The number of rotatable bonds is 11. The minimum Gasteiger partial charge on any atom is -0.496 e. The van der Waals surface area contributed by atoms with E-state index in [0.717, 1.165) is 6.26 Å². The van der Waals surface area contributed by atoms with Gasteiger partial charge < -0.3 is 15.4 Å². The van der Waals surface area contributed by atoms with Crippen molar-refractivity contribution in [3.8, 4) is 5.75 Å². The number of methoxy groups -OCH3 is 1. The first-order valence-corrected chi connectivity index (χ1v) is 11.1. The van der Waals surface area contributed by atoms with Gasteiger partial charge in [0.05, 0.1) is 18.9 Å². The van der Waals surface area contributed by atoms with Crippen LogP contribution in [-0.2, 0) is 14.8 Å². The third-order valence-corrected chi connectivity index (χ3v) is 5.67. The van der Waals surface area contributed by atoms with E-state index in [9.17, 15) is 18.0 Å². The first-order valence-electron chi connectivity index (χ1n) is 9.28. The maximum absolute atomic E-state index is 12.6. The molecule has 0 heterocycles. The summed E-state index contributed by atoms with van der Waals surface area (Å²) >= 11 is 0. The molecule has 158 valence electrons. The largest absolute Gasteiger partial charge is 0.496 e. The summed E-state index contributed by atoms with van der Waals surface area (Å²) in [5.74, 6) is -0.383. The van der Waals surface area contributed by atoms with E-state index < -0.39 is 16.1 Å². The zero-order chi connectivity index (χ0) is 21.3. The highest BCUT2D eigenvalue weighted by atomic mass is 32.2. The Labute approximate surface area is 167 Å². The van der Waals surface area contributed by atoms with Crippen LogP contribution in [0.1, 0.15) is 37.6 Å². The average Bonchev–Trinajstić information content (AvgIpc) is 2.64. The number of hydrogen-bond donors (Lipinski definition) is 2. The van der Waals surface area contributed by atoms with E-state index in [0.29, 0.717) is 37.4 Å². The highest BCUT2D eigenvalue weighted by Crippen LogP contribution is 2.17. The van der Waals surface area contributed by atoms with Crippen molar-refractivity contribution in [2.24, 2.45) is 5.92 Å². The lowest BCUT2D eigenvalue weighted by Crippen LogP contribution is -2.50. The number of benzene rings is 1. The van der Waals surface area contributed by atoms with Gasteiger partial charge in [-0.2, -0.15) is 0 Å². The van der Waals surface area contributed by atoms with E-state index in [-0.39, 0.29) is 17.7 Å². The van der Waals surface area contributed by atoms with Crippen molar-refractivity contribution in [1.29, 1.82) is 0 Å². The van der Waals surface area contributed by atoms with Gasteiger partial charge in [0, 0.05) is 19.6 Å². The fourth-order valence-electron chi connectivity index (χ4n) is 2.72. The summed E-state index contributed by atoms with van der Waals surface area (Å²) in [7, 11) is -1.77. The van der Waals surface area contributed by atoms with Gasteiger partial charge in [0.25, 0.3) is 5.91 Å². The molecule has 1 atom stereocenters. The number of carbonyl (C=O) groups excluding carboxylic acids is 2. The lowest BCUT2D eigenvalue weighted by molar-refractivity contribution is -0.123. The summed E-state index contributed by atoms with van der Waals surface area (Å²) in [6.07, 6.45) is 1.65. The molecule has 0 radical (unpaired) electrons. The van der Waals surface area contributed by atoms with Gasteiger partial charge in [0.2, 0.25) is 15.9 Å². The third kappa shape index (κ3) is 7.12. The van der Waals surface area contributed by atoms with E-state index in [2.05, 4.69) is 10.6 Å². The standard InChI is InChI=1S/C19H31N3O5S/c1-6-22(28(5,25)26)13-9-12-20-19(24)17(14(2)3)21-18(23)15-10-7-8-11-16(15)27-4/h7-8,10-11,14,17H,6,9,12-13H2,1-5H3,(H,20,24)(H,21,23). The Morgan fingerprint density at radius 3 is 2.39 bits per heavy atom. The van der Waals surface area contributed by atoms with Crippen LogP contribution in [0.15, 0.2) is 24.3 Å². The molecule has 1 aromatic carbocycles. The summed E-state index contributed by atoms with van der Waals surface area (Å²) in [5.41, 5.74) is 0.357. The highest BCUT2D eigenvalue weighted by Gasteiger charge is 2.25. The quantitative estimate of drug-likeness (QED) is 0.531. The Kier molecular flexibility index (Phi) is 9.40. The van der Waals surface area contributed by atoms with Crippen LogP contribution in [0.2, 0.25) is 0 Å². The van der Waals surface area contributed by atoms with Crippen LogP contribution in [0.25, 0.3) is 0 Å². The first-order chi connectivity index (χ1) is 13.1. The lowest BCUT2D eigenvalue weighted by Gasteiger charge is -2.23. The molecule has 8 nitrogen and oxygen atoms in total. The highest BCUT2D eigenvalue weighted by molar-refractivity contribution is 7.88. The maximum atomic E-state index is 12.6. The molecule has 0 aromatic heterocycles. The molecule has 0 fully saturated rings. The molecule has 0 spiro atoms. The molecule has 2 N–H and O–H groups in total. The van der Waals surface area contributed by atoms with Crippen LogP contribution in [0.5, 0.6) is 5.75 Å². The number of ether oxygens (including phenoxy) is 1. The summed E-state index contributed by atoms with van der Waals surface area (Å²) < 4.78 is 29.7. The van der Waals surface area contributed by atoms with Gasteiger partial charge in [-0.1, -0.05) is 32.9 Å². The van der Waals surface area contributed by atoms with Crippen LogP contribution in [0.4, 0.5) is 0 Å². The number of hydrogen-bond acceptors (Lipinski definition) is 5. The molecule has 0 saturated heterocycles. The van der Waals surface area contributed by atoms with E-state index in [4.69, 9.17) is 4.74 Å². The number of sulfonamides is 1. The van der Waals surface area contributed by atoms with E-state index in [1.54, 1.807) is 31.2 Å². The summed E-state index contributed by atoms with van der Waals surface area (Å²) in [4.78, 5) is 25.1. The maximum Gasteiger partial charge on any atom is 0.255 e. The van der Waals surface area contributed by atoms with Crippen molar-refractivity contribution in [3.63, 3.8) is 0 Å². The van der Waals surface area contributed by atoms with Crippen molar-refractivity contribution >= 4 is 21.8 Å². The molecule has 1 unspecified atom stereocenters. The SMILES string of the molecule is CCN(CCCNC(=O)C(NC(=O)c1ccccc1OC)C(C)C)S(C)(=O)=O. The Bertz CT molecular complexity index is 765. The number of nitrogens with zero attached hydrogens (tertiary/aromatic N) is 1. The molecule has 0 bridgehead atoms. The minimum absolute atomic E-state index is 0.123. The van der Waals surface area contributed by atoms with Gasteiger partial charge in [-0.05, 0) is 24.5 Å². The summed E-state index contributed by atoms with van der Waals surface area (Å²) in [6.45, 7) is 6.48. The zero-order valence-electron chi connectivity index (χ0n) is 17.2. The molecule has 0 saturated carbocycles. The van der Waals surface area contributed by atoms with Crippen molar-refractivity contribution < 1.29 is 22.7 Å². The van der Waals surface area contributed by atoms with Gasteiger partial charge in [0.1, 0.15) is 11.8 Å². The second-order valence-corrected chi connectivity index (χ2v) is 8.78. The topological polar surface area (TPSA) is 105 Å². The van der Waals surface area contributed by atoms with Gasteiger partial charge in [-0.25, -0.2) is 12.7 Å². The van der Waals surface area contributed by atoms with E-state index in [1.807, 2.05) is 13.8 Å².